The number of carboxylic acid groups (broad SMARTS) is 1. The topological polar surface area (TPSA) is 104 Å². The second-order valence-corrected chi connectivity index (χ2v) is 10.4. The third-order valence-electron chi connectivity index (χ3n) is 4.76. The Kier molecular flexibility index (Phi) is 8.38. The summed E-state index contributed by atoms with van der Waals surface area (Å²) in [5, 5.41) is 9.54. The minimum atomic E-state index is -4.60. The van der Waals surface area contributed by atoms with Gasteiger partial charge in [-0.05, 0) is 36.1 Å². The lowest BCUT2D eigenvalue weighted by atomic mass is 9.93. The van der Waals surface area contributed by atoms with Crippen LogP contribution in [0.15, 0.2) is 42.5 Å². The average molecular weight is 497 g/mol. The van der Waals surface area contributed by atoms with E-state index in [0.717, 1.165) is 0 Å². The van der Waals surface area contributed by atoms with Gasteiger partial charge < -0.3 is 10.8 Å². The van der Waals surface area contributed by atoms with Crippen LogP contribution in [-0.4, -0.2) is 39.0 Å². The Morgan fingerprint density at radius 3 is 2.19 bits per heavy atom. The third-order valence-corrected chi connectivity index (χ3v) is 7.10. The first-order valence-corrected chi connectivity index (χ1v) is 11.8. The van der Waals surface area contributed by atoms with Crippen molar-refractivity contribution in [2.45, 2.75) is 31.0 Å². The van der Waals surface area contributed by atoms with Crippen molar-refractivity contribution < 1.29 is 27.3 Å². The third kappa shape index (κ3) is 7.38. The second kappa shape index (κ2) is 10.2. The molecule has 0 heterocycles. The SMILES string of the molecule is N=S(=O)(CCC(c1ccc(-c2ccc(Cl)cc2Cl)cc1)C(F)(F)F)CC[C@H](N)C(=O)O. The molecule has 2 aromatic rings. The number of benzene rings is 2. The highest BCUT2D eigenvalue weighted by Crippen LogP contribution is 2.39. The van der Waals surface area contributed by atoms with Gasteiger partial charge in [0, 0.05) is 36.8 Å². The molecular weight excluding hydrogens is 476 g/mol. The molecule has 11 heteroatoms. The number of nitrogens with two attached hydrogens (primary N) is 1. The smallest absolute Gasteiger partial charge is 0.395 e. The molecular formula is C20H21Cl2F3N2O3S. The van der Waals surface area contributed by atoms with E-state index in [-0.39, 0.29) is 17.7 Å². The van der Waals surface area contributed by atoms with Crippen LogP contribution in [0.3, 0.4) is 0 Å². The first kappa shape index (κ1) is 25.5. The van der Waals surface area contributed by atoms with Crippen LogP contribution < -0.4 is 5.73 Å². The summed E-state index contributed by atoms with van der Waals surface area (Å²) in [5.41, 5.74) is 6.51. The summed E-state index contributed by atoms with van der Waals surface area (Å²) in [4.78, 5) is 10.7. The second-order valence-electron chi connectivity index (χ2n) is 7.08. The monoisotopic (exact) mass is 496 g/mol. The summed E-state index contributed by atoms with van der Waals surface area (Å²) in [6.45, 7) is 0. The Morgan fingerprint density at radius 2 is 1.68 bits per heavy atom. The molecule has 0 radical (unpaired) electrons. The Balaban J connectivity index is 2.17. The molecule has 4 N–H and O–H groups in total. The van der Waals surface area contributed by atoms with Gasteiger partial charge in [0.05, 0.1) is 5.92 Å². The van der Waals surface area contributed by atoms with Gasteiger partial charge in [-0.25, -0.2) is 4.21 Å². The molecule has 0 aromatic heterocycles. The number of nitrogens with one attached hydrogen (secondary N) is 1. The van der Waals surface area contributed by atoms with E-state index in [2.05, 4.69) is 0 Å². The quantitative estimate of drug-likeness (QED) is 0.423. The van der Waals surface area contributed by atoms with Crippen LogP contribution in [0, 0.1) is 4.78 Å². The molecule has 2 unspecified atom stereocenters. The van der Waals surface area contributed by atoms with Gasteiger partial charge in [0.15, 0.2) is 0 Å². The maximum Gasteiger partial charge on any atom is 0.395 e. The van der Waals surface area contributed by atoms with Crippen molar-refractivity contribution in [3.8, 4) is 11.1 Å². The fourth-order valence-electron chi connectivity index (χ4n) is 2.99. The fraction of sp³-hybridized carbons (Fsp3) is 0.350. The number of carboxylic acids is 1. The zero-order chi connectivity index (χ0) is 23.4. The van der Waals surface area contributed by atoms with Crippen LogP contribution >= 0.6 is 23.2 Å². The predicted octanol–water partition coefficient (Wildman–Crippen LogP) is 5.55. The van der Waals surface area contributed by atoms with E-state index in [4.69, 9.17) is 38.8 Å². The average Bonchev–Trinajstić information content (AvgIpc) is 2.66. The number of alkyl halides is 3. The molecule has 31 heavy (non-hydrogen) atoms. The molecule has 0 saturated carbocycles. The van der Waals surface area contributed by atoms with Gasteiger partial charge in [-0.3, -0.25) is 9.57 Å². The Morgan fingerprint density at radius 1 is 1.10 bits per heavy atom. The molecule has 0 aliphatic rings. The zero-order valence-corrected chi connectivity index (χ0v) is 18.5. The van der Waals surface area contributed by atoms with Crippen molar-refractivity contribution in [1.29, 1.82) is 4.78 Å². The highest BCUT2D eigenvalue weighted by atomic mass is 35.5. The summed E-state index contributed by atoms with van der Waals surface area (Å²) in [7, 11) is -3.41. The van der Waals surface area contributed by atoms with E-state index < -0.39 is 46.0 Å². The number of rotatable bonds is 9. The maximum absolute atomic E-state index is 13.6. The van der Waals surface area contributed by atoms with Gasteiger partial charge in [0.1, 0.15) is 6.04 Å². The summed E-state index contributed by atoms with van der Waals surface area (Å²) in [6, 6.07) is 9.17. The Bertz CT molecular complexity index is 1030. The fourth-order valence-corrected chi connectivity index (χ4v) is 4.96. The number of carbonyl (C=O) groups is 1. The number of aliphatic carboxylic acids is 1. The van der Waals surface area contributed by atoms with E-state index >= 15 is 0 Å². The molecule has 2 rings (SSSR count). The predicted molar refractivity (Wildman–Crippen MR) is 116 cm³/mol. The van der Waals surface area contributed by atoms with E-state index in [1.54, 1.807) is 12.1 Å². The van der Waals surface area contributed by atoms with E-state index in [9.17, 15) is 22.2 Å². The van der Waals surface area contributed by atoms with Crippen molar-refractivity contribution >= 4 is 38.9 Å². The first-order valence-electron chi connectivity index (χ1n) is 9.15. The van der Waals surface area contributed by atoms with Crippen LogP contribution in [-0.2, 0) is 14.5 Å². The molecule has 2 aromatic carbocycles. The minimum absolute atomic E-state index is 0.0289. The van der Waals surface area contributed by atoms with Crippen molar-refractivity contribution in [3.05, 3.63) is 58.1 Å². The van der Waals surface area contributed by atoms with Crippen LogP contribution in [0.2, 0.25) is 10.0 Å². The molecule has 0 aliphatic heterocycles. The highest BCUT2D eigenvalue weighted by Gasteiger charge is 2.40. The standard InChI is InChI=1S/C20H21Cl2F3N2O3S/c21-14-5-6-15(17(22)11-14)12-1-3-13(4-2-12)16(20(23,24)25)7-9-31(27,30)10-8-18(26)19(28)29/h1-6,11,16,18,27H,7-10,26H2,(H,28,29)/t16?,18-,31?/m0/s1. The van der Waals surface area contributed by atoms with Gasteiger partial charge in [-0.1, -0.05) is 53.5 Å². The van der Waals surface area contributed by atoms with Gasteiger partial charge in [0.25, 0.3) is 0 Å². The van der Waals surface area contributed by atoms with Crippen LogP contribution in [0.25, 0.3) is 11.1 Å². The van der Waals surface area contributed by atoms with E-state index in [1.165, 1.54) is 30.3 Å². The summed E-state index contributed by atoms with van der Waals surface area (Å²) >= 11 is 12.0. The molecule has 0 saturated heterocycles. The van der Waals surface area contributed by atoms with Crippen molar-refractivity contribution in [1.82, 2.24) is 0 Å². The van der Waals surface area contributed by atoms with Gasteiger partial charge >= 0.3 is 12.1 Å². The Labute approximate surface area is 188 Å². The number of hydrogen-bond acceptors (Lipinski definition) is 4. The minimum Gasteiger partial charge on any atom is -0.480 e. The van der Waals surface area contributed by atoms with Crippen molar-refractivity contribution in [2.75, 3.05) is 11.5 Å². The zero-order valence-electron chi connectivity index (χ0n) is 16.2. The number of halogens is 5. The summed E-state index contributed by atoms with van der Waals surface area (Å²) in [6.07, 6.45) is -5.41. The van der Waals surface area contributed by atoms with Gasteiger partial charge in [0.2, 0.25) is 0 Å². The van der Waals surface area contributed by atoms with E-state index in [0.29, 0.717) is 21.2 Å². The molecule has 0 spiro atoms. The molecule has 0 fully saturated rings. The maximum atomic E-state index is 13.6. The molecule has 0 amide bonds. The van der Waals surface area contributed by atoms with Crippen LogP contribution in [0.5, 0.6) is 0 Å². The highest BCUT2D eigenvalue weighted by molar-refractivity contribution is 7.92. The van der Waals surface area contributed by atoms with Crippen molar-refractivity contribution in [3.63, 3.8) is 0 Å². The number of hydrogen-bond donors (Lipinski definition) is 3. The largest absolute Gasteiger partial charge is 0.480 e. The van der Waals surface area contributed by atoms with Crippen molar-refractivity contribution in [2.24, 2.45) is 5.73 Å². The lowest BCUT2D eigenvalue weighted by Crippen LogP contribution is -2.32. The van der Waals surface area contributed by atoms with Crippen LogP contribution in [0.1, 0.15) is 24.3 Å². The van der Waals surface area contributed by atoms with Gasteiger partial charge in [-0.15, -0.1) is 0 Å². The lowest BCUT2D eigenvalue weighted by Gasteiger charge is -2.22. The van der Waals surface area contributed by atoms with E-state index in [1.807, 2.05) is 0 Å². The Hall–Kier alpha value is -1.81. The normalized spacial score (nSPS) is 15.8. The first-order chi connectivity index (χ1) is 14.3. The van der Waals surface area contributed by atoms with Gasteiger partial charge in [-0.2, -0.15) is 13.2 Å². The molecule has 170 valence electrons. The summed E-state index contributed by atoms with van der Waals surface area (Å²) in [5.74, 6) is -4.13. The molecule has 5 nitrogen and oxygen atoms in total. The molecule has 0 aliphatic carbocycles. The summed E-state index contributed by atoms with van der Waals surface area (Å²) < 4.78 is 61.0. The molecule has 0 bridgehead atoms. The molecule has 3 atom stereocenters. The lowest BCUT2D eigenvalue weighted by molar-refractivity contribution is -0.150. The van der Waals surface area contributed by atoms with Crippen LogP contribution in [0.4, 0.5) is 13.2 Å².